The van der Waals surface area contributed by atoms with Gasteiger partial charge in [-0.2, -0.15) is 0 Å². The van der Waals surface area contributed by atoms with Gasteiger partial charge in [-0.15, -0.1) is 11.3 Å². The smallest absolute Gasteiger partial charge is 0.250 e. The molecular weight excluding hydrogens is 354 g/mol. The van der Waals surface area contributed by atoms with E-state index in [4.69, 9.17) is 10.8 Å². The van der Waals surface area contributed by atoms with Gasteiger partial charge in [0, 0.05) is 22.4 Å². The Morgan fingerprint density at radius 2 is 1.93 bits per heavy atom. The summed E-state index contributed by atoms with van der Waals surface area (Å²) in [7, 11) is 0. The first-order valence-corrected chi connectivity index (χ1v) is 11.0. The lowest BCUT2D eigenvalue weighted by Gasteiger charge is -2.59. The summed E-state index contributed by atoms with van der Waals surface area (Å²) >= 11 is 1.49. The quantitative estimate of drug-likeness (QED) is 0.647. The molecule has 2 unspecified atom stereocenters. The Hall–Kier alpha value is -1.39. The van der Waals surface area contributed by atoms with Gasteiger partial charge >= 0.3 is 0 Å². The fourth-order valence-corrected chi connectivity index (χ4v) is 5.33. The predicted molar refractivity (Wildman–Crippen MR) is 119 cm³/mol. The van der Waals surface area contributed by atoms with Crippen LogP contribution < -0.4 is 5.73 Å². The molecule has 0 aliphatic heterocycles. The zero-order chi connectivity index (χ0) is 20.6. The van der Waals surface area contributed by atoms with Crippen LogP contribution in [-0.2, 0) is 0 Å². The highest BCUT2D eigenvalue weighted by Crippen LogP contribution is 2.61. The number of allylic oxidation sites excluding steroid dienone is 1. The largest absolute Gasteiger partial charge is 0.396 e. The van der Waals surface area contributed by atoms with Crippen LogP contribution in [-0.4, -0.2) is 17.6 Å². The minimum atomic E-state index is -0.401. The number of aliphatic hydroxyl groups excluding tert-OH is 1. The van der Waals surface area contributed by atoms with E-state index in [-0.39, 0.29) is 0 Å². The molecule has 1 heterocycles. The van der Waals surface area contributed by atoms with Crippen LogP contribution in [0.4, 0.5) is 0 Å². The van der Waals surface area contributed by atoms with Gasteiger partial charge in [-0.25, -0.2) is 0 Å². The number of hydrogen-bond donors (Lipinski definition) is 2. The molecule has 1 aromatic rings. The third-order valence-electron chi connectivity index (χ3n) is 6.09. The van der Waals surface area contributed by atoms with E-state index < -0.39 is 5.91 Å². The predicted octanol–water partition coefficient (Wildman–Crippen LogP) is 5.99. The second-order valence-corrected chi connectivity index (χ2v) is 8.71. The fourth-order valence-electron chi connectivity index (χ4n) is 4.31. The zero-order valence-corrected chi connectivity index (χ0v) is 18.4. The SMILES string of the molecule is C=Cc1c(C(N)=O)csc1/C=C\C.CC.CC1(C)C2CC(CCO)C[C@H]1C2. The van der Waals surface area contributed by atoms with Crippen LogP contribution in [0.15, 0.2) is 18.0 Å². The lowest BCUT2D eigenvalue weighted by atomic mass is 9.46. The van der Waals surface area contributed by atoms with Crippen molar-refractivity contribution in [1.82, 2.24) is 0 Å². The highest BCUT2D eigenvalue weighted by atomic mass is 32.1. The summed E-state index contributed by atoms with van der Waals surface area (Å²) in [4.78, 5) is 12.0. The van der Waals surface area contributed by atoms with E-state index >= 15 is 0 Å². The van der Waals surface area contributed by atoms with Crippen molar-refractivity contribution < 1.29 is 9.90 Å². The lowest BCUT2D eigenvalue weighted by Crippen LogP contribution is -2.50. The summed E-state index contributed by atoms with van der Waals surface area (Å²) in [6.45, 7) is 14.8. The highest BCUT2D eigenvalue weighted by Gasteiger charge is 2.52. The molecular formula is C23H37NO2S. The monoisotopic (exact) mass is 391 g/mol. The highest BCUT2D eigenvalue weighted by molar-refractivity contribution is 7.11. The molecule has 3 aliphatic carbocycles. The maximum absolute atomic E-state index is 11.0. The molecule has 152 valence electrons. The summed E-state index contributed by atoms with van der Waals surface area (Å²) in [6.07, 6.45) is 10.8. The minimum Gasteiger partial charge on any atom is -0.396 e. The lowest BCUT2D eigenvalue weighted by molar-refractivity contribution is -0.0929. The van der Waals surface area contributed by atoms with E-state index in [1.54, 1.807) is 11.5 Å². The van der Waals surface area contributed by atoms with Crippen molar-refractivity contribution in [2.45, 2.75) is 60.3 Å². The van der Waals surface area contributed by atoms with Gasteiger partial charge in [0.05, 0.1) is 5.56 Å². The van der Waals surface area contributed by atoms with E-state index in [0.717, 1.165) is 34.6 Å². The van der Waals surface area contributed by atoms with E-state index in [1.807, 2.05) is 32.9 Å². The van der Waals surface area contributed by atoms with E-state index in [1.165, 1.54) is 30.6 Å². The van der Waals surface area contributed by atoms with E-state index in [9.17, 15) is 4.79 Å². The Balaban J connectivity index is 0.000000248. The van der Waals surface area contributed by atoms with Gasteiger partial charge in [0.2, 0.25) is 5.91 Å². The van der Waals surface area contributed by atoms with Crippen LogP contribution in [0.5, 0.6) is 0 Å². The Kier molecular flexibility index (Phi) is 9.48. The van der Waals surface area contributed by atoms with Crippen LogP contribution in [0.25, 0.3) is 12.2 Å². The van der Waals surface area contributed by atoms with Gasteiger partial charge in [0.15, 0.2) is 0 Å². The van der Waals surface area contributed by atoms with Gasteiger partial charge in [-0.3, -0.25) is 4.79 Å². The van der Waals surface area contributed by atoms with Crippen molar-refractivity contribution in [3.63, 3.8) is 0 Å². The number of primary amides is 1. The number of fused-ring (bicyclic) bond motifs is 2. The van der Waals surface area contributed by atoms with Crippen molar-refractivity contribution in [2.24, 2.45) is 28.9 Å². The second kappa shape index (κ2) is 10.8. The number of rotatable bonds is 5. The van der Waals surface area contributed by atoms with Crippen LogP contribution in [0, 0.1) is 23.2 Å². The summed E-state index contributed by atoms with van der Waals surface area (Å²) in [5.74, 6) is 2.37. The first-order valence-electron chi connectivity index (χ1n) is 10.1. The molecule has 3 aliphatic rings. The number of carbonyl (C=O) groups is 1. The normalized spacial score (nSPS) is 24.7. The average molecular weight is 392 g/mol. The molecule has 3 nitrogen and oxygen atoms in total. The topological polar surface area (TPSA) is 63.3 Å². The van der Waals surface area contributed by atoms with Crippen molar-refractivity contribution >= 4 is 29.4 Å². The number of thiophene rings is 1. The second-order valence-electron chi connectivity index (χ2n) is 7.80. The van der Waals surface area contributed by atoms with Gasteiger partial charge in [0.25, 0.3) is 0 Å². The zero-order valence-electron chi connectivity index (χ0n) is 17.6. The van der Waals surface area contributed by atoms with Crippen molar-refractivity contribution in [3.05, 3.63) is 34.0 Å². The molecule has 4 rings (SSSR count). The van der Waals surface area contributed by atoms with Crippen LogP contribution >= 0.6 is 11.3 Å². The molecule has 0 saturated heterocycles. The third kappa shape index (κ3) is 5.55. The van der Waals surface area contributed by atoms with Gasteiger partial charge in [-0.1, -0.05) is 46.4 Å². The molecule has 0 spiro atoms. The number of hydrogen-bond acceptors (Lipinski definition) is 3. The van der Waals surface area contributed by atoms with Gasteiger partial charge in [-0.05, 0) is 61.9 Å². The molecule has 0 radical (unpaired) electrons. The molecule has 3 saturated carbocycles. The molecule has 2 bridgehead atoms. The molecule has 4 heteroatoms. The third-order valence-corrected chi connectivity index (χ3v) is 7.06. The average Bonchev–Trinajstić information content (AvgIpc) is 3.07. The Labute approximate surface area is 169 Å². The number of aliphatic hydroxyl groups is 1. The van der Waals surface area contributed by atoms with Crippen LogP contribution in [0.3, 0.4) is 0 Å². The molecule has 3 atom stereocenters. The standard InChI is InChI=1S/C11H20O.C10H11NOS.C2H6/c1-11(2)9-5-8(3-4-12)6-10(11)7-9;1-3-5-9-7(4-2)8(6-13-9)10(11)12;1-2/h8-10,12H,3-7H2,1-2H3;3-6H,2H2,1H3,(H2,11,12);1-2H3/b;5-3-;/t8?,9-,10?;;/m0../s1. The Morgan fingerprint density at radius 3 is 2.33 bits per heavy atom. The fraction of sp³-hybridized carbons (Fsp3) is 0.609. The number of carbonyl (C=O) groups excluding carboxylic acids is 1. The van der Waals surface area contributed by atoms with Gasteiger partial charge in [0.1, 0.15) is 0 Å². The first-order chi connectivity index (χ1) is 12.8. The molecule has 3 fully saturated rings. The van der Waals surface area contributed by atoms with Crippen molar-refractivity contribution in [3.8, 4) is 0 Å². The summed E-state index contributed by atoms with van der Waals surface area (Å²) < 4.78 is 0. The van der Waals surface area contributed by atoms with Crippen LogP contribution in [0.2, 0.25) is 0 Å². The molecule has 27 heavy (non-hydrogen) atoms. The van der Waals surface area contributed by atoms with Crippen LogP contribution in [0.1, 0.15) is 81.1 Å². The number of nitrogens with two attached hydrogens (primary N) is 1. The summed E-state index contributed by atoms with van der Waals surface area (Å²) in [5, 5.41) is 10.6. The minimum absolute atomic E-state index is 0.393. The van der Waals surface area contributed by atoms with Crippen molar-refractivity contribution in [2.75, 3.05) is 6.61 Å². The summed E-state index contributed by atoms with van der Waals surface area (Å²) in [5.41, 5.74) is 7.20. The first kappa shape index (κ1) is 23.6. The molecule has 1 aromatic heterocycles. The Bertz CT molecular complexity index is 631. The van der Waals surface area contributed by atoms with Crippen molar-refractivity contribution in [1.29, 1.82) is 0 Å². The molecule has 1 amide bonds. The van der Waals surface area contributed by atoms with Gasteiger partial charge < -0.3 is 10.8 Å². The summed E-state index contributed by atoms with van der Waals surface area (Å²) in [6, 6.07) is 0. The molecule has 0 aromatic carbocycles. The van der Waals surface area contributed by atoms with E-state index in [2.05, 4.69) is 20.4 Å². The number of amides is 1. The Morgan fingerprint density at radius 1 is 1.33 bits per heavy atom. The van der Waals surface area contributed by atoms with E-state index in [0.29, 0.717) is 17.6 Å². The maximum Gasteiger partial charge on any atom is 0.250 e. The molecule has 3 N–H and O–H groups in total. The maximum atomic E-state index is 11.0.